The summed E-state index contributed by atoms with van der Waals surface area (Å²) in [5, 5.41) is 0.670. The Hall–Kier alpha value is -1.62. The number of hydrogen-bond acceptors (Lipinski definition) is 3. The molecular formula is C12H16N3OS+. The maximum Gasteiger partial charge on any atom is 0.452 e. The van der Waals surface area contributed by atoms with E-state index in [1.165, 1.54) is 0 Å². The van der Waals surface area contributed by atoms with E-state index < -0.39 is 0 Å². The van der Waals surface area contributed by atoms with Gasteiger partial charge in [0.1, 0.15) is 0 Å². The fraction of sp³-hybridized carbons (Fsp3) is 0.333. The van der Waals surface area contributed by atoms with Crippen LogP contribution >= 0.6 is 11.3 Å². The maximum absolute atomic E-state index is 5.80. The molecule has 0 radical (unpaired) electrons. The molecule has 0 aliphatic rings. The summed E-state index contributed by atoms with van der Waals surface area (Å²) >= 11 is 1.55. The van der Waals surface area contributed by atoms with Gasteiger partial charge in [0.25, 0.3) is 5.19 Å². The van der Waals surface area contributed by atoms with Crippen LogP contribution in [0.1, 0.15) is 0 Å². The standard InChI is InChI=1S/C12H16N3OS/c1-14(2)12(15(3)4)16-11-13-9-7-5-6-8-10(9)17-11/h5-8H,1-4H3/q+1. The first-order valence-electron chi connectivity index (χ1n) is 5.33. The highest BCUT2D eigenvalue weighted by atomic mass is 32.1. The van der Waals surface area contributed by atoms with Crippen molar-refractivity contribution in [2.24, 2.45) is 0 Å². The fourth-order valence-corrected chi connectivity index (χ4v) is 2.37. The molecule has 0 saturated carbocycles. The molecule has 90 valence electrons. The molecule has 5 heteroatoms. The molecule has 0 bridgehead atoms. The Bertz CT molecular complexity index is 523. The van der Waals surface area contributed by atoms with Crippen molar-refractivity contribution in [3.8, 4) is 5.19 Å². The molecule has 0 spiro atoms. The van der Waals surface area contributed by atoms with Gasteiger partial charge in [0, 0.05) is 0 Å². The van der Waals surface area contributed by atoms with Crippen molar-refractivity contribution in [2.75, 3.05) is 28.2 Å². The lowest BCUT2D eigenvalue weighted by molar-refractivity contribution is -0.478. The third-order valence-corrected chi connectivity index (χ3v) is 3.13. The SMILES string of the molecule is CN(C)C(Oc1nc2ccccc2s1)=[N+](C)C. The van der Waals surface area contributed by atoms with E-state index in [1.807, 2.05) is 61.9 Å². The second-order valence-electron chi connectivity index (χ2n) is 4.12. The lowest BCUT2D eigenvalue weighted by atomic mass is 10.3. The van der Waals surface area contributed by atoms with Gasteiger partial charge in [-0.25, -0.2) is 14.5 Å². The first kappa shape index (κ1) is 11.9. The molecule has 0 aliphatic carbocycles. The molecule has 1 aromatic carbocycles. The van der Waals surface area contributed by atoms with E-state index in [2.05, 4.69) is 4.98 Å². The van der Waals surface area contributed by atoms with Gasteiger partial charge in [0.15, 0.2) is 0 Å². The minimum Gasteiger partial charge on any atom is -0.363 e. The monoisotopic (exact) mass is 250 g/mol. The summed E-state index contributed by atoms with van der Waals surface area (Å²) in [5.41, 5.74) is 0.976. The number of thiazole rings is 1. The number of rotatable bonds is 1. The Labute approximate surface area is 105 Å². The topological polar surface area (TPSA) is 28.4 Å². The van der Waals surface area contributed by atoms with Crippen LogP contribution in [0.3, 0.4) is 0 Å². The number of amidine groups is 1. The van der Waals surface area contributed by atoms with Crippen LogP contribution in [0.25, 0.3) is 10.2 Å². The van der Waals surface area contributed by atoms with Crippen LogP contribution < -0.4 is 4.74 Å². The Balaban J connectivity index is 2.32. The molecule has 17 heavy (non-hydrogen) atoms. The summed E-state index contributed by atoms with van der Waals surface area (Å²) in [4.78, 5) is 6.36. The van der Waals surface area contributed by atoms with E-state index in [-0.39, 0.29) is 0 Å². The molecule has 2 rings (SSSR count). The summed E-state index contributed by atoms with van der Waals surface area (Å²) in [6.45, 7) is 0. The minimum atomic E-state index is 0.670. The largest absolute Gasteiger partial charge is 0.452 e. The fourth-order valence-electron chi connectivity index (χ4n) is 1.56. The summed E-state index contributed by atoms with van der Waals surface area (Å²) in [6.07, 6.45) is 0. The van der Waals surface area contributed by atoms with Crippen LogP contribution in [0.4, 0.5) is 0 Å². The number of benzene rings is 1. The molecule has 0 amide bonds. The molecule has 1 heterocycles. The molecule has 0 fully saturated rings. The number of para-hydroxylation sites is 1. The quantitative estimate of drug-likeness (QED) is 0.439. The third kappa shape index (κ3) is 2.55. The summed E-state index contributed by atoms with van der Waals surface area (Å²) < 4.78 is 8.86. The average molecular weight is 250 g/mol. The van der Waals surface area contributed by atoms with Crippen LogP contribution in [-0.4, -0.2) is 48.7 Å². The Kier molecular flexibility index (Phi) is 3.28. The summed E-state index contributed by atoms with van der Waals surface area (Å²) in [7, 11) is 7.79. The number of hydrogen-bond donors (Lipinski definition) is 0. The van der Waals surface area contributed by atoms with Crippen molar-refractivity contribution in [3.05, 3.63) is 24.3 Å². The molecule has 0 saturated heterocycles. The molecule has 2 aromatic rings. The van der Waals surface area contributed by atoms with Crippen molar-refractivity contribution < 1.29 is 9.31 Å². The maximum atomic E-state index is 5.80. The van der Waals surface area contributed by atoms with Gasteiger partial charge in [-0.1, -0.05) is 23.5 Å². The molecule has 0 atom stereocenters. The van der Waals surface area contributed by atoms with Crippen molar-refractivity contribution in [1.29, 1.82) is 0 Å². The van der Waals surface area contributed by atoms with Crippen LogP contribution in [-0.2, 0) is 0 Å². The minimum absolute atomic E-state index is 0.670. The second-order valence-corrected chi connectivity index (χ2v) is 5.11. The van der Waals surface area contributed by atoms with Crippen molar-refractivity contribution >= 4 is 27.6 Å². The van der Waals surface area contributed by atoms with Crippen molar-refractivity contribution in [1.82, 2.24) is 9.88 Å². The molecular weight excluding hydrogens is 234 g/mol. The molecule has 1 aromatic heterocycles. The summed E-state index contributed by atoms with van der Waals surface area (Å²) in [6, 6.07) is 8.79. The van der Waals surface area contributed by atoms with E-state index in [4.69, 9.17) is 4.74 Å². The van der Waals surface area contributed by atoms with Gasteiger partial charge < -0.3 is 4.74 Å². The van der Waals surface area contributed by atoms with Crippen molar-refractivity contribution in [3.63, 3.8) is 0 Å². The molecule has 4 nitrogen and oxygen atoms in total. The molecule has 0 N–H and O–H groups in total. The third-order valence-electron chi connectivity index (χ3n) is 2.22. The predicted octanol–water partition coefficient (Wildman–Crippen LogP) is 1.86. The van der Waals surface area contributed by atoms with E-state index in [9.17, 15) is 0 Å². The number of aromatic nitrogens is 1. The molecule has 0 aliphatic heterocycles. The zero-order valence-electron chi connectivity index (χ0n) is 10.5. The van der Waals surface area contributed by atoms with E-state index >= 15 is 0 Å². The lowest BCUT2D eigenvalue weighted by Gasteiger charge is -2.08. The Morgan fingerprint density at radius 3 is 2.59 bits per heavy atom. The van der Waals surface area contributed by atoms with Gasteiger partial charge in [-0.3, -0.25) is 0 Å². The zero-order chi connectivity index (χ0) is 12.4. The number of nitrogens with zero attached hydrogens (tertiary/aromatic N) is 3. The van der Waals surface area contributed by atoms with Gasteiger partial charge >= 0.3 is 6.02 Å². The van der Waals surface area contributed by atoms with Gasteiger partial charge in [-0.15, -0.1) is 0 Å². The zero-order valence-corrected chi connectivity index (χ0v) is 11.3. The highest BCUT2D eigenvalue weighted by Crippen LogP contribution is 2.27. The average Bonchev–Trinajstić information content (AvgIpc) is 2.67. The first-order valence-corrected chi connectivity index (χ1v) is 6.14. The Morgan fingerprint density at radius 2 is 2.00 bits per heavy atom. The van der Waals surface area contributed by atoms with Crippen LogP contribution in [0.5, 0.6) is 5.19 Å². The van der Waals surface area contributed by atoms with Gasteiger partial charge in [0.05, 0.1) is 38.4 Å². The number of ether oxygens (including phenoxy) is 1. The van der Waals surface area contributed by atoms with Crippen LogP contribution in [0.2, 0.25) is 0 Å². The number of fused-ring (bicyclic) bond motifs is 1. The van der Waals surface area contributed by atoms with Gasteiger partial charge in [-0.05, 0) is 12.1 Å². The summed E-state index contributed by atoms with van der Waals surface area (Å²) in [5.74, 6) is 0. The predicted molar refractivity (Wildman–Crippen MR) is 71.1 cm³/mol. The first-order chi connectivity index (χ1) is 8.08. The Morgan fingerprint density at radius 1 is 1.29 bits per heavy atom. The lowest BCUT2D eigenvalue weighted by Crippen LogP contribution is -2.34. The smallest absolute Gasteiger partial charge is 0.363 e. The van der Waals surface area contributed by atoms with Crippen molar-refractivity contribution in [2.45, 2.75) is 0 Å². The van der Waals surface area contributed by atoms with Gasteiger partial charge in [0.2, 0.25) is 0 Å². The van der Waals surface area contributed by atoms with E-state index in [0.717, 1.165) is 16.2 Å². The molecule has 0 unspecified atom stereocenters. The van der Waals surface area contributed by atoms with Gasteiger partial charge in [-0.2, -0.15) is 0 Å². The van der Waals surface area contributed by atoms with E-state index in [0.29, 0.717) is 5.19 Å². The highest BCUT2D eigenvalue weighted by Gasteiger charge is 2.17. The van der Waals surface area contributed by atoms with E-state index in [1.54, 1.807) is 11.3 Å². The normalized spacial score (nSPS) is 10.4. The second kappa shape index (κ2) is 4.71. The highest BCUT2D eigenvalue weighted by molar-refractivity contribution is 7.20. The van der Waals surface area contributed by atoms with Crippen LogP contribution in [0, 0.1) is 0 Å². The van der Waals surface area contributed by atoms with Crippen LogP contribution in [0.15, 0.2) is 24.3 Å².